The summed E-state index contributed by atoms with van der Waals surface area (Å²) >= 11 is 0. The summed E-state index contributed by atoms with van der Waals surface area (Å²) in [4.78, 5) is 2.48. The lowest BCUT2D eigenvalue weighted by atomic mass is 10.0. The number of hydrogen-bond acceptors (Lipinski definition) is 3. The first-order valence-corrected chi connectivity index (χ1v) is 8.01. The average molecular weight is 294 g/mol. The fourth-order valence-electron chi connectivity index (χ4n) is 2.79. The Labute approximate surface area is 127 Å². The molecule has 2 atom stereocenters. The molecule has 0 saturated carbocycles. The van der Waals surface area contributed by atoms with E-state index in [4.69, 9.17) is 4.74 Å². The van der Waals surface area contributed by atoms with E-state index < -0.39 is 0 Å². The van der Waals surface area contributed by atoms with Crippen LogP contribution in [-0.2, 0) is 4.74 Å². The second-order valence-electron chi connectivity index (χ2n) is 5.81. The molecule has 2 unspecified atom stereocenters. The number of halogens is 1. The van der Waals surface area contributed by atoms with Gasteiger partial charge in [-0.25, -0.2) is 4.39 Å². The number of nitrogens with one attached hydrogen (secondary N) is 1. The van der Waals surface area contributed by atoms with E-state index in [1.54, 1.807) is 12.1 Å². The van der Waals surface area contributed by atoms with Crippen LogP contribution in [-0.4, -0.2) is 43.8 Å². The first kappa shape index (κ1) is 16.4. The van der Waals surface area contributed by atoms with Crippen LogP contribution < -0.4 is 5.32 Å². The van der Waals surface area contributed by atoms with Gasteiger partial charge >= 0.3 is 0 Å². The lowest BCUT2D eigenvalue weighted by Gasteiger charge is -2.34. The molecule has 0 radical (unpaired) electrons. The Hall–Kier alpha value is -0.970. The molecule has 0 spiro atoms. The van der Waals surface area contributed by atoms with Crippen molar-refractivity contribution in [2.45, 2.75) is 38.8 Å². The van der Waals surface area contributed by atoms with E-state index in [-0.39, 0.29) is 5.82 Å². The van der Waals surface area contributed by atoms with E-state index in [9.17, 15) is 4.39 Å². The zero-order chi connectivity index (χ0) is 15.1. The number of morpholine rings is 1. The van der Waals surface area contributed by atoms with E-state index in [2.05, 4.69) is 24.1 Å². The molecule has 0 amide bonds. The molecule has 1 aromatic carbocycles. The minimum atomic E-state index is -0.171. The van der Waals surface area contributed by atoms with E-state index in [0.29, 0.717) is 12.1 Å². The maximum Gasteiger partial charge on any atom is 0.123 e. The molecule has 0 bridgehead atoms. The average Bonchev–Trinajstić information content (AvgIpc) is 2.50. The van der Waals surface area contributed by atoms with Gasteiger partial charge in [0, 0.05) is 25.2 Å². The fourth-order valence-corrected chi connectivity index (χ4v) is 2.79. The van der Waals surface area contributed by atoms with Gasteiger partial charge in [-0.1, -0.05) is 19.1 Å². The predicted octanol–water partition coefficient (Wildman–Crippen LogP) is 2.98. The van der Waals surface area contributed by atoms with Crippen molar-refractivity contribution in [3.63, 3.8) is 0 Å². The molecule has 4 heteroatoms. The smallest absolute Gasteiger partial charge is 0.123 e. The lowest BCUT2D eigenvalue weighted by molar-refractivity contribution is -0.00182. The quantitative estimate of drug-likeness (QED) is 0.837. The number of benzene rings is 1. The monoisotopic (exact) mass is 294 g/mol. The molecule has 1 saturated heterocycles. The summed E-state index contributed by atoms with van der Waals surface area (Å²) in [6, 6.07) is 7.66. The summed E-state index contributed by atoms with van der Waals surface area (Å²) < 4.78 is 18.6. The van der Waals surface area contributed by atoms with Crippen LogP contribution in [0.25, 0.3) is 0 Å². The van der Waals surface area contributed by atoms with E-state index in [0.717, 1.165) is 45.7 Å². The Morgan fingerprint density at radius 3 is 2.81 bits per heavy atom. The van der Waals surface area contributed by atoms with Crippen molar-refractivity contribution in [1.29, 1.82) is 0 Å². The molecule has 1 aromatic rings. The predicted molar refractivity (Wildman–Crippen MR) is 83.9 cm³/mol. The van der Waals surface area contributed by atoms with Crippen LogP contribution >= 0.6 is 0 Å². The van der Waals surface area contributed by atoms with Gasteiger partial charge < -0.3 is 10.1 Å². The van der Waals surface area contributed by atoms with Crippen molar-refractivity contribution in [2.24, 2.45) is 0 Å². The van der Waals surface area contributed by atoms with Crippen LogP contribution in [0.15, 0.2) is 24.3 Å². The van der Waals surface area contributed by atoms with E-state index in [1.165, 1.54) is 5.56 Å². The van der Waals surface area contributed by atoms with Gasteiger partial charge in [0.15, 0.2) is 0 Å². The Morgan fingerprint density at radius 2 is 2.14 bits per heavy atom. The minimum absolute atomic E-state index is 0.171. The summed E-state index contributed by atoms with van der Waals surface area (Å²) in [5.74, 6) is -0.171. The van der Waals surface area contributed by atoms with Crippen LogP contribution in [0.4, 0.5) is 4.39 Å². The molecule has 1 aliphatic rings. The third-order valence-electron chi connectivity index (χ3n) is 4.12. The molecule has 21 heavy (non-hydrogen) atoms. The second kappa shape index (κ2) is 8.47. The largest absolute Gasteiger partial charge is 0.379 e. The van der Waals surface area contributed by atoms with E-state index >= 15 is 0 Å². The zero-order valence-electron chi connectivity index (χ0n) is 13.1. The fraction of sp³-hybridized carbons (Fsp3) is 0.647. The highest BCUT2D eigenvalue weighted by atomic mass is 19.1. The SMILES string of the molecule is CCCNC(CCN1CCOCC1C)c1ccc(F)cc1. The van der Waals surface area contributed by atoms with Gasteiger partial charge in [0.2, 0.25) is 0 Å². The van der Waals surface area contributed by atoms with Gasteiger partial charge in [-0.15, -0.1) is 0 Å². The van der Waals surface area contributed by atoms with Gasteiger partial charge in [0.25, 0.3) is 0 Å². The van der Waals surface area contributed by atoms with Crippen LogP contribution in [0.3, 0.4) is 0 Å². The number of rotatable bonds is 7. The van der Waals surface area contributed by atoms with Crippen molar-refractivity contribution >= 4 is 0 Å². The van der Waals surface area contributed by atoms with Gasteiger partial charge in [-0.3, -0.25) is 4.90 Å². The topological polar surface area (TPSA) is 24.5 Å². The highest BCUT2D eigenvalue weighted by Gasteiger charge is 2.20. The van der Waals surface area contributed by atoms with Gasteiger partial charge in [-0.2, -0.15) is 0 Å². The van der Waals surface area contributed by atoms with E-state index in [1.807, 2.05) is 12.1 Å². The normalized spacial score (nSPS) is 21.4. The Bertz CT molecular complexity index is 410. The van der Waals surface area contributed by atoms with Crippen LogP contribution in [0.2, 0.25) is 0 Å². The first-order chi connectivity index (χ1) is 10.2. The standard InChI is InChI=1S/C17H27FN2O/c1-3-9-19-17(15-4-6-16(18)7-5-15)8-10-20-11-12-21-13-14(20)2/h4-7,14,17,19H,3,8-13H2,1-2H3. The molecule has 1 fully saturated rings. The minimum Gasteiger partial charge on any atom is -0.379 e. The summed E-state index contributed by atoms with van der Waals surface area (Å²) in [7, 11) is 0. The van der Waals surface area contributed by atoms with Gasteiger partial charge in [-0.05, 0) is 44.0 Å². The first-order valence-electron chi connectivity index (χ1n) is 8.01. The number of ether oxygens (including phenoxy) is 1. The second-order valence-corrected chi connectivity index (χ2v) is 5.81. The molecular weight excluding hydrogens is 267 g/mol. The summed E-state index contributed by atoms with van der Waals surface area (Å²) in [6.45, 7) is 9.07. The van der Waals surface area contributed by atoms with Crippen LogP contribution in [0, 0.1) is 5.82 Å². The maximum atomic E-state index is 13.1. The number of nitrogens with zero attached hydrogens (tertiary/aromatic N) is 1. The summed E-state index contributed by atoms with van der Waals surface area (Å²) in [5.41, 5.74) is 1.17. The molecular formula is C17H27FN2O. The Kier molecular flexibility index (Phi) is 6.61. The third kappa shape index (κ3) is 5.06. The molecule has 1 heterocycles. The van der Waals surface area contributed by atoms with Crippen LogP contribution in [0.1, 0.15) is 38.3 Å². The molecule has 1 N–H and O–H groups in total. The van der Waals surface area contributed by atoms with Crippen molar-refractivity contribution in [3.05, 3.63) is 35.6 Å². The zero-order valence-corrected chi connectivity index (χ0v) is 13.1. The maximum absolute atomic E-state index is 13.1. The highest BCUT2D eigenvalue weighted by Crippen LogP contribution is 2.19. The van der Waals surface area contributed by atoms with Crippen LogP contribution in [0.5, 0.6) is 0 Å². The molecule has 0 aliphatic carbocycles. The Balaban J connectivity index is 1.94. The van der Waals surface area contributed by atoms with Crippen molar-refractivity contribution in [3.8, 4) is 0 Å². The molecule has 118 valence electrons. The molecule has 2 rings (SSSR count). The third-order valence-corrected chi connectivity index (χ3v) is 4.12. The number of hydrogen-bond donors (Lipinski definition) is 1. The van der Waals surface area contributed by atoms with Crippen molar-refractivity contribution in [1.82, 2.24) is 10.2 Å². The summed E-state index contributed by atoms with van der Waals surface area (Å²) in [5, 5.41) is 3.58. The summed E-state index contributed by atoms with van der Waals surface area (Å²) in [6.07, 6.45) is 2.14. The lowest BCUT2D eigenvalue weighted by Crippen LogP contribution is -2.44. The molecule has 0 aromatic heterocycles. The molecule has 3 nitrogen and oxygen atoms in total. The van der Waals surface area contributed by atoms with Gasteiger partial charge in [0.1, 0.15) is 5.82 Å². The Morgan fingerprint density at radius 1 is 1.38 bits per heavy atom. The van der Waals surface area contributed by atoms with Crippen molar-refractivity contribution < 1.29 is 9.13 Å². The van der Waals surface area contributed by atoms with Gasteiger partial charge in [0.05, 0.1) is 13.2 Å². The highest BCUT2D eigenvalue weighted by molar-refractivity contribution is 5.20. The van der Waals surface area contributed by atoms with Crippen molar-refractivity contribution in [2.75, 3.05) is 32.8 Å². The molecule has 1 aliphatic heterocycles.